The minimum atomic E-state index is -1.65. The molecule has 0 saturated heterocycles. The van der Waals surface area contributed by atoms with Gasteiger partial charge in [0.1, 0.15) is 58.9 Å². The number of esters is 4. The molecule has 40 heteroatoms. The molecule has 0 aliphatic carbocycles. The van der Waals surface area contributed by atoms with Crippen LogP contribution in [0.2, 0.25) is 0 Å². The highest BCUT2D eigenvalue weighted by Crippen LogP contribution is 2.36. The largest absolute Gasteiger partial charge is 0.510 e. The average molecular weight is 1800 g/mol. The minimum Gasteiger partial charge on any atom is -0.510 e. The Balaban J connectivity index is 0.000000236. The number of aliphatic hydroxyl groups excluding tert-OH is 1. The van der Waals surface area contributed by atoms with E-state index in [1.807, 2.05) is 12.1 Å². The zero-order chi connectivity index (χ0) is 95.8. The van der Waals surface area contributed by atoms with Crippen molar-refractivity contribution in [3.63, 3.8) is 0 Å². The molecule has 9 aromatic rings. The van der Waals surface area contributed by atoms with Crippen LogP contribution in [0, 0.1) is 10.1 Å². The highest BCUT2D eigenvalue weighted by Gasteiger charge is 2.30. The van der Waals surface area contributed by atoms with Crippen LogP contribution in [0.4, 0.5) is 62.6 Å². The zero-order valence-electron chi connectivity index (χ0n) is 72.5. The average Bonchev–Trinajstić information content (AvgIpc) is 1.76. The molecule has 5 amide bonds. The van der Waals surface area contributed by atoms with Crippen molar-refractivity contribution in [2.24, 2.45) is 51.1 Å². The molecule has 9 aromatic carbocycles. The molecule has 0 aromatic heterocycles. The van der Waals surface area contributed by atoms with E-state index in [1.165, 1.54) is 107 Å². The van der Waals surface area contributed by atoms with Crippen LogP contribution in [0.3, 0.4) is 0 Å². The van der Waals surface area contributed by atoms with Gasteiger partial charge in [-0.1, -0.05) is 79.4 Å². The number of aliphatic hydroxyl groups is 1. The molecule has 0 fully saturated rings. The summed E-state index contributed by atoms with van der Waals surface area (Å²) in [7, 11) is 5.93. The Labute approximate surface area is 752 Å². The minimum absolute atomic E-state index is 0.0299. The Morgan fingerprint density at radius 2 is 0.886 bits per heavy atom. The van der Waals surface area contributed by atoms with Crippen molar-refractivity contribution >= 4 is 145 Å². The summed E-state index contributed by atoms with van der Waals surface area (Å²) >= 11 is 0. The number of hydrogen-bond donors (Lipinski definition) is 6. The number of allylic oxidation sites excluding steroid dienone is 1. The Bertz CT molecular complexity index is 5890. The first-order chi connectivity index (χ1) is 63.2. The van der Waals surface area contributed by atoms with E-state index in [0.29, 0.717) is 51.1 Å². The van der Waals surface area contributed by atoms with E-state index < -0.39 is 93.8 Å². The Hall–Kier alpha value is -17.4. The van der Waals surface area contributed by atoms with Gasteiger partial charge in [0.2, 0.25) is 23.9 Å². The van der Waals surface area contributed by atoms with E-state index in [2.05, 4.69) is 93.8 Å². The molecule has 132 heavy (non-hydrogen) atoms. The number of carbonyl (C=O) groups excluding carboxylic acids is 14. The number of methoxy groups -OCH3 is 5. The van der Waals surface area contributed by atoms with Gasteiger partial charge in [-0.3, -0.25) is 58.1 Å². The van der Waals surface area contributed by atoms with E-state index in [-0.39, 0.29) is 124 Å². The summed E-state index contributed by atoms with van der Waals surface area (Å²) in [4.78, 5) is 184. The topological polar surface area (TPSA) is 551 Å². The highest BCUT2D eigenvalue weighted by molar-refractivity contribution is 6.12. The molecule has 0 radical (unpaired) electrons. The lowest BCUT2D eigenvalue weighted by Crippen LogP contribution is -2.31. The monoisotopic (exact) mass is 1800 g/mol. The molecule has 0 saturated carbocycles. The van der Waals surface area contributed by atoms with Gasteiger partial charge in [-0.2, -0.15) is 40.9 Å². The number of nitro groups is 1. The van der Waals surface area contributed by atoms with E-state index >= 15 is 0 Å². The molecule has 4 unspecified atom stereocenters. The Morgan fingerprint density at radius 3 is 1.39 bits per heavy atom. The summed E-state index contributed by atoms with van der Waals surface area (Å²) in [5, 5.41) is 73.8. The van der Waals surface area contributed by atoms with Crippen LogP contribution >= 0.6 is 0 Å². The van der Waals surface area contributed by atoms with Gasteiger partial charge < -0.3 is 64.8 Å². The van der Waals surface area contributed by atoms with E-state index in [4.69, 9.17) is 23.7 Å². The van der Waals surface area contributed by atoms with Crippen molar-refractivity contribution in [2.45, 2.75) is 84.5 Å². The standard InChI is InChI=1S/C40H37N7O7.C35H33N5O12.C17H16N4O5/c1-23(2)38(33(49)19-25-12-15-29-27(18-25)21-37(51)42-29)46-44-30-8-4-6-10-34(30)53-16-17-54-35-11-7-5-9-31(35)45-47-39(24(3)48)40(52)41-28-14-13-26-20-36(50)43-32(26)22-28;1-18(41)29(39-37-26-16-21(32(45)49-3)9-13-24(26)34(47)51-5)28(43)15-20-7-11-23(12-8-20)36-31(44)30(19(2)42)40-38-27-17-22(33(46)50-4)10-14-25(27)35(48)52-6;1-11(22)16(17(23)18-12-6-4-3-5-7-12)20-19-14-9-8-13(21(24)25)10-15(14)26-2/h4-15,18,22,38-39H,1,16-17,19-21H2,2-3H3,(H,41,52)(H,42,51)(H,43,50);7-14,16-17,29-30H,15H2,1-6H3,(H,36,44);3-10,22H,1-2H3,(H,18,23)/b;;16-11-,20-19?. The van der Waals surface area contributed by atoms with Crippen molar-refractivity contribution in [1.82, 2.24) is 0 Å². The number of ether oxygens (including phenoxy) is 7. The number of nitrogens with zero attached hydrogens (tertiary/aromatic N) is 11. The first kappa shape index (κ1) is 98.4. The van der Waals surface area contributed by atoms with Crippen LogP contribution in [0.25, 0.3) is 0 Å². The number of anilines is 5. The van der Waals surface area contributed by atoms with E-state index in [9.17, 15) is 82.3 Å². The summed E-state index contributed by atoms with van der Waals surface area (Å²) in [5.74, 6) is -7.55. The summed E-state index contributed by atoms with van der Waals surface area (Å²) < 4.78 is 35.7. The number of carbonyl (C=O) groups is 14. The number of hydrogen-bond acceptors (Lipinski definition) is 34. The normalized spacial score (nSPS) is 12.9. The van der Waals surface area contributed by atoms with Crippen molar-refractivity contribution in [3.05, 3.63) is 272 Å². The molecular weight excluding hydrogens is 1710 g/mol. The number of rotatable bonds is 37. The summed E-state index contributed by atoms with van der Waals surface area (Å²) in [6, 6.07) is 44.5. The van der Waals surface area contributed by atoms with Crippen LogP contribution in [0.15, 0.2) is 269 Å². The molecule has 2 aliphatic heterocycles. The van der Waals surface area contributed by atoms with Gasteiger partial charge in [-0.15, -0.1) is 10.2 Å². The molecule has 678 valence electrons. The Kier molecular flexibility index (Phi) is 35.3. The second kappa shape index (κ2) is 47.3. The maximum absolute atomic E-state index is 13.3. The van der Waals surface area contributed by atoms with Gasteiger partial charge in [0.15, 0.2) is 52.4 Å². The van der Waals surface area contributed by atoms with Crippen LogP contribution in [0.1, 0.15) is 98.3 Å². The molecule has 4 atom stereocenters. The molecule has 2 heterocycles. The fraction of sp³-hybridized carbons (Fsp3) is 0.217. The number of para-hydroxylation sites is 3. The lowest BCUT2D eigenvalue weighted by molar-refractivity contribution is -0.384. The van der Waals surface area contributed by atoms with E-state index in [0.717, 1.165) is 57.6 Å². The number of Topliss-reactive ketones (excluding diaryl/α,β-unsaturated/α-hetero) is 5. The second-order valence-corrected chi connectivity index (χ2v) is 28.6. The number of azo groups is 5. The lowest BCUT2D eigenvalue weighted by Gasteiger charge is -2.13. The molecule has 6 N–H and O–H groups in total. The maximum Gasteiger partial charge on any atom is 0.340 e. The molecule has 2 aliphatic rings. The third kappa shape index (κ3) is 27.6. The molecule has 11 rings (SSSR count). The number of nitrogens with one attached hydrogen (secondary N) is 5. The van der Waals surface area contributed by atoms with Gasteiger partial charge in [0.05, 0.1) is 81.6 Å². The number of nitro benzene ring substituents is 1. The predicted octanol–water partition coefficient (Wildman–Crippen LogP) is 15.1. The Morgan fingerprint density at radius 1 is 0.439 bits per heavy atom. The first-order valence-corrected chi connectivity index (χ1v) is 39.7. The van der Waals surface area contributed by atoms with Gasteiger partial charge in [-0.25, -0.2) is 19.2 Å². The smallest absolute Gasteiger partial charge is 0.340 e. The van der Waals surface area contributed by atoms with E-state index in [1.54, 1.807) is 110 Å². The van der Waals surface area contributed by atoms with Crippen LogP contribution < -0.4 is 40.8 Å². The molecule has 40 nitrogen and oxygen atoms in total. The SMILES string of the molecule is C=C(C)C(N=Nc1ccccc1OCCOc1ccccc1N=NC(C(C)=O)C(=O)Nc1ccc2c(c1)NC(=O)C2)C(=O)Cc1ccc2c(c1)CC(=O)N2.COC(=O)c1ccc(C(=O)OC)c(N=NC(C(C)=O)C(=O)Cc2ccc(NC(=O)C(N=Nc3cc(C(=O)OC)ccc3C(=O)OC)C(C)=O)cc2)c1.COc1cc([N+](=O)[O-])ccc1N=N/C(C(=O)Nc1ccccc1)=C(/C)O. The first-order valence-electron chi connectivity index (χ1n) is 39.7. The third-order valence-corrected chi connectivity index (χ3v) is 18.8. The molecule has 0 bridgehead atoms. The summed E-state index contributed by atoms with van der Waals surface area (Å²) in [5.41, 5.74) is 5.97. The van der Waals surface area contributed by atoms with Crippen molar-refractivity contribution in [1.29, 1.82) is 0 Å². The zero-order valence-corrected chi connectivity index (χ0v) is 72.5. The maximum atomic E-state index is 13.3. The van der Waals surface area contributed by atoms with Gasteiger partial charge in [-0.05, 0) is 172 Å². The van der Waals surface area contributed by atoms with Crippen molar-refractivity contribution in [3.8, 4) is 17.2 Å². The lowest BCUT2D eigenvalue weighted by atomic mass is 9.98. The molecular formula is C92H86N16O24. The number of benzene rings is 9. The predicted molar refractivity (Wildman–Crippen MR) is 475 cm³/mol. The van der Waals surface area contributed by atoms with Crippen LogP contribution in [-0.2, 0) is 92.6 Å². The fourth-order valence-corrected chi connectivity index (χ4v) is 12.2. The third-order valence-electron chi connectivity index (χ3n) is 18.8. The molecule has 0 spiro atoms. The van der Waals surface area contributed by atoms with Gasteiger partial charge in [0, 0.05) is 47.3 Å². The quantitative estimate of drug-likeness (QED) is 0.00201. The number of ketones is 5. The number of fused-ring (bicyclic) bond motifs is 2. The van der Waals surface area contributed by atoms with Gasteiger partial charge in [0.25, 0.3) is 23.4 Å². The summed E-state index contributed by atoms with van der Waals surface area (Å²) in [6.45, 7) is 10.7. The second-order valence-electron chi connectivity index (χ2n) is 28.6. The van der Waals surface area contributed by atoms with Gasteiger partial charge >= 0.3 is 23.9 Å². The fourth-order valence-electron chi connectivity index (χ4n) is 12.2. The van der Waals surface area contributed by atoms with Crippen LogP contribution in [0.5, 0.6) is 17.2 Å². The highest BCUT2D eigenvalue weighted by atomic mass is 16.6. The number of amides is 5. The van der Waals surface area contributed by atoms with Crippen molar-refractivity contribution in [2.75, 3.05) is 75.3 Å². The summed E-state index contributed by atoms with van der Waals surface area (Å²) in [6.07, 6.45) is 0.377. The van der Waals surface area contributed by atoms with Crippen LogP contribution in [-0.4, -0.2) is 165 Å². The number of non-ortho nitro benzene ring substituents is 1. The van der Waals surface area contributed by atoms with Crippen molar-refractivity contribution < 1.29 is 110 Å².